The largest absolute Gasteiger partial charge is 0.478 e. The highest BCUT2D eigenvalue weighted by Crippen LogP contribution is 2.27. The van der Waals surface area contributed by atoms with E-state index in [1.165, 1.54) is 11.3 Å². The molecule has 2 aromatic heterocycles. The van der Waals surface area contributed by atoms with E-state index in [4.69, 9.17) is 21.3 Å². The van der Waals surface area contributed by atoms with E-state index in [2.05, 4.69) is 10.4 Å². The van der Waals surface area contributed by atoms with E-state index < -0.39 is 5.60 Å². The molecule has 0 saturated heterocycles. The van der Waals surface area contributed by atoms with Crippen molar-refractivity contribution in [3.05, 3.63) is 76.8 Å². The standard InChI is InChI=1S/C23H21ClN4O2S/c1-15-13-20(26-21(29)23(2,3)30-18-11-9-17(24)10-12-18)28(27-15)22-25-19(14-31-22)16-7-5-4-6-8-16/h4-14H,1-3H3,(H,26,29). The number of aromatic nitrogens is 3. The van der Waals surface area contributed by atoms with Crippen LogP contribution in [0.15, 0.2) is 66.0 Å². The summed E-state index contributed by atoms with van der Waals surface area (Å²) in [6, 6.07) is 18.6. The van der Waals surface area contributed by atoms with Crippen molar-refractivity contribution in [2.75, 3.05) is 5.32 Å². The number of carbonyl (C=O) groups excluding carboxylic acids is 1. The number of rotatable bonds is 6. The molecular weight excluding hydrogens is 432 g/mol. The van der Waals surface area contributed by atoms with Gasteiger partial charge in [-0.25, -0.2) is 4.98 Å². The summed E-state index contributed by atoms with van der Waals surface area (Å²) >= 11 is 7.38. The molecule has 0 aliphatic rings. The summed E-state index contributed by atoms with van der Waals surface area (Å²) in [6.45, 7) is 5.29. The Morgan fingerprint density at radius 1 is 1.13 bits per heavy atom. The second-order valence-corrected chi connectivity index (χ2v) is 8.76. The highest BCUT2D eigenvalue weighted by atomic mass is 35.5. The lowest BCUT2D eigenvalue weighted by molar-refractivity contribution is -0.128. The Bertz CT molecular complexity index is 1200. The van der Waals surface area contributed by atoms with Crippen LogP contribution >= 0.6 is 22.9 Å². The number of aryl methyl sites for hydroxylation is 1. The summed E-state index contributed by atoms with van der Waals surface area (Å²) in [5.41, 5.74) is 1.53. The molecule has 1 amide bonds. The zero-order valence-electron chi connectivity index (χ0n) is 17.3. The van der Waals surface area contributed by atoms with Crippen LogP contribution in [-0.4, -0.2) is 26.3 Å². The zero-order valence-corrected chi connectivity index (χ0v) is 18.9. The number of benzene rings is 2. The molecule has 0 aliphatic heterocycles. The van der Waals surface area contributed by atoms with Crippen molar-refractivity contribution < 1.29 is 9.53 Å². The Kier molecular flexibility index (Phi) is 5.80. The van der Waals surface area contributed by atoms with Gasteiger partial charge in [-0.1, -0.05) is 41.9 Å². The van der Waals surface area contributed by atoms with Crippen molar-refractivity contribution in [1.82, 2.24) is 14.8 Å². The normalized spacial score (nSPS) is 11.4. The van der Waals surface area contributed by atoms with Gasteiger partial charge in [-0.2, -0.15) is 9.78 Å². The van der Waals surface area contributed by atoms with E-state index in [1.54, 1.807) is 48.9 Å². The molecule has 0 fully saturated rings. The SMILES string of the molecule is Cc1cc(NC(=O)C(C)(C)Oc2ccc(Cl)cc2)n(-c2nc(-c3ccccc3)cs2)n1. The summed E-state index contributed by atoms with van der Waals surface area (Å²) in [7, 11) is 0. The third-order valence-corrected chi connectivity index (χ3v) is 5.62. The molecular formula is C23H21ClN4O2S. The Balaban J connectivity index is 1.55. The van der Waals surface area contributed by atoms with Gasteiger partial charge in [0.15, 0.2) is 5.60 Å². The second-order valence-electron chi connectivity index (χ2n) is 7.48. The van der Waals surface area contributed by atoms with Crippen LogP contribution in [0.2, 0.25) is 5.02 Å². The molecule has 0 unspecified atom stereocenters. The van der Waals surface area contributed by atoms with Gasteiger partial charge in [0, 0.05) is 22.0 Å². The molecule has 0 aliphatic carbocycles. The van der Waals surface area contributed by atoms with Gasteiger partial charge in [0.25, 0.3) is 5.91 Å². The number of amides is 1. The first-order valence-corrected chi connectivity index (χ1v) is 10.9. The number of carbonyl (C=O) groups is 1. The Hall–Kier alpha value is -3.16. The Labute approximate surface area is 189 Å². The molecule has 0 bridgehead atoms. The van der Waals surface area contributed by atoms with Crippen molar-refractivity contribution in [3.63, 3.8) is 0 Å². The molecule has 4 aromatic rings. The minimum atomic E-state index is -1.12. The fraction of sp³-hybridized carbons (Fsp3) is 0.174. The number of ether oxygens (including phenoxy) is 1. The number of hydrogen-bond donors (Lipinski definition) is 1. The lowest BCUT2D eigenvalue weighted by atomic mass is 10.1. The molecule has 31 heavy (non-hydrogen) atoms. The van der Waals surface area contributed by atoms with Crippen molar-refractivity contribution in [2.24, 2.45) is 0 Å². The molecule has 4 rings (SSSR count). The van der Waals surface area contributed by atoms with Gasteiger partial charge < -0.3 is 10.1 Å². The fourth-order valence-electron chi connectivity index (χ4n) is 2.95. The molecule has 6 nitrogen and oxygen atoms in total. The molecule has 1 N–H and O–H groups in total. The molecule has 158 valence electrons. The predicted octanol–water partition coefficient (Wildman–Crippen LogP) is 5.75. The van der Waals surface area contributed by atoms with Crippen LogP contribution in [0.5, 0.6) is 5.75 Å². The van der Waals surface area contributed by atoms with Crippen molar-refractivity contribution >= 4 is 34.7 Å². The lowest BCUT2D eigenvalue weighted by Crippen LogP contribution is -2.42. The van der Waals surface area contributed by atoms with Gasteiger partial charge in [0.2, 0.25) is 5.13 Å². The van der Waals surface area contributed by atoms with Crippen LogP contribution in [0.4, 0.5) is 5.82 Å². The van der Waals surface area contributed by atoms with Gasteiger partial charge in [-0.3, -0.25) is 4.79 Å². The average Bonchev–Trinajstić information content (AvgIpc) is 3.37. The third-order valence-electron chi connectivity index (χ3n) is 4.55. The first-order chi connectivity index (χ1) is 14.8. The maximum Gasteiger partial charge on any atom is 0.269 e. The smallest absolute Gasteiger partial charge is 0.269 e. The van der Waals surface area contributed by atoms with E-state index in [9.17, 15) is 4.79 Å². The van der Waals surface area contributed by atoms with E-state index in [1.807, 2.05) is 42.6 Å². The monoisotopic (exact) mass is 452 g/mol. The number of nitrogens with one attached hydrogen (secondary N) is 1. The molecule has 0 radical (unpaired) electrons. The number of halogens is 1. The van der Waals surface area contributed by atoms with Crippen LogP contribution in [0.1, 0.15) is 19.5 Å². The number of anilines is 1. The van der Waals surface area contributed by atoms with Crippen LogP contribution in [0.25, 0.3) is 16.4 Å². The number of hydrogen-bond acceptors (Lipinski definition) is 5. The van der Waals surface area contributed by atoms with Crippen LogP contribution < -0.4 is 10.1 Å². The minimum Gasteiger partial charge on any atom is -0.478 e. The average molecular weight is 453 g/mol. The van der Waals surface area contributed by atoms with Crippen molar-refractivity contribution in [2.45, 2.75) is 26.4 Å². The Morgan fingerprint density at radius 2 is 1.84 bits per heavy atom. The number of nitrogens with zero attached hydrogens (tertiary/aromatic N) is 3. The van der Waals surface area contributed by atoms with E-state index in [0.29, 0.717) is 21.7 Å². The van der Waals surface area contributed by atoms with Crippen LogP contribution in [0, 0.1) is 6.92 Å². The summed E-state index contributed by atoms with van der Waals surface area (Å²) in [5.74, 6) is 0.786. The maximum atomic E-state index is 13.0. The highest BCUT2D eigenvalue weighted by Gasteiger charge is 2.31. The summed E-state index contributed by atoms with van der Waals surface area (Å²) in [5, 5.41) is 10.7. The van der Waals surface area contributed by atoms with Gasteiger partial charge in [-0.05, 0) is 45.0 Å². The quantitative estimate of drug-likeness (QED) is 0.404. The molecule has 2 heterocycles. The van der Waals surface area contributed by atoms with Gasteiger partial charge in [0.1, 0.15) is 11.6 Å². The van der Waals surface area contributed by atoms with E-state index in [0.717, 1.165) is 17.0 Å². The van der Waals surface area contributed by atoms with Gasteiger partial charge >= 0.3 is 0 Å². The fourth-order valence-corrected chi connectivity index (χ4v) is 3.87. The van der Waals surface area contributed by atoms with Crippen molar-refractivity contribution in [1.29, 1.82) is 0 Å². The second kappa shape index (κ2) is 8.53. The molecule has 0 spiro atoms. The van der Waals surface area contributed by atoms with Gasteiger partial charge in [-0.15, -0.1) is 11.3 Å². The molecule has 0 saturated carbocycles. The first-order valence-electron chi connectivity index (χ1n) is 9.66. The first kappa shape index (κ1) is 21.1. The minimum absolute atomic E-state index is 0.302. The summed E-state index contributed by atoms with van der Waals surface area (Å²) < 4.78 is 7.53. The molecule has 2 aromatic carbocycles. The summed E-state index contributed by atoms with van der Waals surface area (Å²) in [4.78, 5) is 17.7. The lowest BCUT2D eigenvalue weighted by Gasteiger charge is -2.25. The maximum absolute atomic E-state index is 13.0. The van der Waals surface area contributed by atoms with Crippen molar-refractivity contribution in [3.8, 4) is 22.1 Å². The van der Waals surface area contributed by atoms with E-state index in [-0.39, 0.29) is 5.91 Å². The highest BCUT2D eigenvalue weighted by molar-refractivity contribution is 7.12. The summed E-state index contributed by atoms with van der Waals surface area (Å²) in [6.07, 6.45) is 0. The van der Waals surface area contributed by atoms with Crippen LogP contribution in [-0.2, 0) is 4.79 Å². The van der Waals surface area contributed by atoms with E-state index >= 15 is 0 Å². The van der Waals surface area contributed by atoms with Crippen LogP contribution in [0.3, 0.4) is 0 Å². The molecule has 8 heteroatoms. The third kappa shape index (κ3) is 4.78. The topological polar surface area (TPSA) is 69.0 Å². The van der Waals surface area contributed by atoms with Gasteiger partial charge in [0.05, 0.1) is 11.4 Å². The number of thiazole rings is 1. The Morgan fingerprint density at radius 3 is 2.55 bits per heavy atom. The zero-order chi connectivity index (χ0) is 22.0. The predicted molar refractivity (Wildman–Crippen MR) is 124 cm³/mol. The molecule has 0 atom stereocenters.